The Kier molecular flexibility index (Phi) is 16.2. The van der Waals surface area contributed by atoms with Crippen molar-refractivity contribution >= 4 is 7.82 Å². The summed E-state index contributed by atoms with van der Waals surface area (Å²) in [7, 11) is 12.6. The van der Waals surface area contributed by atoms with Crippen molar-refractivity contribution in [2.45, 2.75) is 0 Å². The van der Waals surface area contributed by atoms with Gasteiger partial charge in [0.15, 0.2) is 34.5 Å². The van der Waals surface area contributed by atoms with Crippen molar-refractivity contribution in [2.75, 3.05) is 85.3 Å². The van der Waals surface area contributed by atoms with Crippen LogP contribution in [0.4, 0.5) is 0 Å². The molecule has 25 nitrogen and oxygen atoms in total. The molecule has 0 aliphatic heterocycles. The summed E-state index contributed by atoms with van der Waals surface area (Å²) >= 11 is 0. The van der Waals surface area contributed by atoms with Crippen LogP contribution in [0.2, 0.25) is 0 Å². The topological polar surface area (TPSA) is 280 Å². The third-order valence-electron chi connectivity index (χ3n) is 12.4. The molecular weight excluding hydrogens is 1060 g/mol. The number of ether oxygens (including phenoxy) is 12. The molecule has 3 aromatic heterocycles. The molecule has 0 atom stereocenters. The second kappa shape index (κ2) is 23.7. The first-order valence-corrected chi connectivity index (χ1v) is 25.3. The highest BCUT2D eigenvalue weighted by Gasteiger charge is 2.39. The number of nitrogens with zero attached hydrogens (tertiary/aromatic N) is 6. The van der Waals surface area contributed by atoms with Gasteiger partial charge in [-0.25, -0.2) is 0 Å². The lowest BCUT2D eigenvalue weighted by molar-refractivity contribution is 0.297. The van der Waals surface area contributed by atoms with Crippen LogP contribution in [-0.4, -0.2) is 132 Å². The van der Waals surface area contributed by atoms with Gasteiger partial charge in [-0.1, -0.05) is 0 Å². The standard InChI is InChI=1S/C54H54N9O16P/c1-65-31-13-16-34(49-46(55-61-58-49)28-19-40(68-4)52(74-10)41(20-28)69-5)37(25-31)77-80(64,78-38-26-32(66-2)14-17-35(38)50-47(56-62-59-50)29-21-42(70-6)53(75-11)43(22-29)71-7)79-39-27-33(67-3)15-18-36(39)51-48(57-63-60-51)30-23-44(72-8)54(76-12)45(24-30)73-9/h13-27H,1-12H3,(H,55,58,61)(H,56,59,62)(H,57,60,63). The zero-order valence-electron chi connectivity index (χ0n) is 45.3. The second-order valence-electron chi connectivity index (χ2n) is 16.6. The highest BCUT2D eigenvalue weighted by Crippen LogP contribution is 2.57. The number of hydrogen-bond donors (Lipinski definition) is 3. The van der Waals surface area contributed by atoms with E-state index in [0.29, 0.717) is 85.5 Å². The van der Waals surface area contributed by atoms with Crippen molar-refractivity contribution in [3.05, 3.63) is 91.0 Å². The zero-order chi connectivity index (χ0) is 56.7. The Balaban J connectivity index is 1.25. The van der Waals surface area contributed by atoms with Crippen LogP contribution in [0.3, 0.4) is 0 Å². The zero-order valence-corrected chi connectivity index (χ0v) is 46.2. The van der Waals surface area contributed by atoms with Crippen LogP contribution < -0.4 is 70.4 Å². The van der Waals surface area contributed by atoms with Gasteiger partial charge < -0.3 is 70.4 Å². The fourth-order valence-electron chi connectivity index (χ4n) is 8.63. The van der Waals surface area contributed by atoms with Gasteiger partial charge >= 0.3 is 7.82 Å². The van der Waals surface area contributed by atoms with E-state index in [2.05, 4.69) is 46.2 Å². The number of aromatic nitrogens is 9. The number of rotatable bonds is 24. The number of phosphoric ester groups is 1. The number of benzene rings is 6. The Morgan fingerprint density at radius 2 is 0.525 bits per heavy atom. The lowest BCUT2D eigenvalue weighted by Gasteiger charge is -2.23. The number of hydrogen-bond acceptors (Lipinski definition) is 22. The minimum Gasteiger partial charge on any atom is -0.497 e. The minimum absolute atomic E-state index is 0.108. The third kappa shape index (κ3) is 10.6. The summed E-state index contributed by atoms with van der Waals surface area (Å²) in [6.45, 7) is 0. The number of H-pyrrole nitrogens is 3. The van der Waals surface area contributed by atoms with Gasteiger partial charge in [0.25, 0.3) is 0 Å². The van der Waals surface area contributed by atoms with Crippen LogP contribution in [0.1, 0.15) is 0 Å². The van der Waals surface area contributed by atoms with E-state index in [1.54, 1.807) is 72.8 Å². The highest BCUT2D eigenvalue weighted by atomic mass is 31.2. The van der Waals surface area contributed by atoms with Gasteiger partial charge in [-0.2, -0.15) is 50.8 Å². The molecule has 0 aliphatic carbocycles. The summed E-state index contributed by atoms with van der Waals surface area (Å²) in [4.78, 5) is 0. The van der Waals surface area contributed by atoms with Crippen LogP contribution in [-0.2, 0) is 4.57 Å². The van der Waals surface area contributed by atoms with Crippen molar-refractivity contribution in [2.24, 2.45) is 0 Å². The van der Waals surface area contributed by atoms with E-state index in [0.717, 1.165) is 0 Å². The molecule has 0 saturated carbocycles. The van der Waals surface area contributed by atoms with Gasteiger partial charge in [0.2, 0.25) is 17.2 Å². The molecule has 3 N–H and O–H groups in total. The van der Waals surface area contributed by atoms with Gasteiger partial charge in [-0.3, -0.25) is 0 Å². The minimum atomic E-state index is -5.24. The molecule has 3 heterocycles. The number of aromatic amines is 3. The molecule has 9 aromatic rings. The van der Waals surface area contributed by atoms with Crippen molar-refractivity contribution in [3.8, 4) is 154 Å². The number of phosphoric acid groups is 1. The maximum Gasteiger partial charge on any atom is 0.647 e. The van der Waals surface area contributed by atoms with Crippen molar-refractivity contribution in [1.29, 1.82) is 0 Å². The molecule has 26 heteroatoms. The first-order chi connectivity index (χ1) is 38.9. The van der Waals surface area contributed by atoms with Crippen LogP contribution >= 0.6 is 7.82 Å². The molecule has 0 radical (unpaired) electrons. The fourth-order valence-corrected chi connectivity index (χ4v) is 9.92. The largest absolute Gasteiger partial charge is 0.647 e. The third-order valence-corrected chi connectivity index (χ3v) is 13.7. The van der Waals surface area contributed by atoms with E-state index in [-0.39, 0.29) is 68.3 Å². The monoisotopic (exact) mass is 1120 g/mol. The van der Waals surface area contributed by atoms with E-state index in [1.165, 1.54) is 104 Å². The van der Waals surface area contributed by atoms with E-state index >= 15 is 4.57 Å². The average molecular weight is 1120 g/mol. The quantitative estimate of drug-likeness (QED) is 0.0474. The summed E-state index contributed by atoms with van der Waals surface area (Å²) in [6.07, 6.45) is 0. The summed E-state index contributed by atoms with van der Waals surface area (Å²) in [5.74, 6) is 3.65. The van der Waals surface area contributed by atoms with Gasteiger partial charge in [0, 0.05) is 51.6 Å². The first-order valence-electron chi connectivity index (χ1n) is 23.8. The van der Waals surface area contributed by atoms with E-state index < -0.39 is 7.82 Å². The molecule has 9 rings (SSSR count). The van der Waals surface area contributed by atoms with Gasteiger partial charge in [-0.05, 0) is 72.8 Å². The molecular formula is C54H54N9O16P. The molecule has 0 aliphatic rings. The Morgan fingerprint density at radius 3 is 0.738 bits per heavy atom. The molecule has 0 fully saturated rings. The molecule has 0 amide bonds. The molecule has 80 heavy (non-hydrogen) atoms. The molecule has 0 spiro atoms. The van der Waals surface area contributed by atoms with Crippen LogP contribution in [0.5, 0.6) is 86.2 Å². The van der Waals surface area contributed by atoms with Crippen molar-refractivity contribution in [3.63, 3.8) is 0 Å². The normalized spacial score (nSPS) is 11.1. The van der Waals surface area contributed by atoms with Crippen LogP contribution in [0.15, 0.2) is 91.0 Å². The SMILES string of the molecule is COc1ccc(-c2n[nH]nc2-c2cc(OC)c(OC)c(OC)c2)c(OP(=O)(Oc2cc(OC)ccc2-c2n[nH]nc2-c2cc(OC)c(OC)c(OC)c2)Oc2cc(OC)ccc2-c2n[nH]nc2-c2cc(OC)c(OC)c(OC)c2)c1. The lowest BCUT2D eigenvalue weighted by atomic mass is 10.0. The summed E-state index contributed by atoms with van der Waals surface area (Å²) in [5, 5.41) is 35.4. The molecule has 6 aromatic carbocycles. The molecule has 0 unspecified atom stereocenters. The summed E-state index contributed by atoms with van der Waals surface area (Å²) in [6, 6.07) is 24.6. The van der Waals surface area contributed by atoms with Gasteiger partial charge in [0.1, 0.15) is 68.7 Å². The van der Waals surface area contributed by atoms with Crippen molar-refractivity contribution < 1.29 is 75.0 Å². The Hall–Kier alpha value is -10.0. The molecule has 416 valence electrons. The van der Waals surface area contributed by atoms with Gasteiger partial charge in [0.05, 0.1) is 85.3 Å². The highest BCUT2D eigenvalue weighted by molar-refractivity contribution is 7.49. The smallest absolute Gasteiger partial charge is 0.497 e. The van der Waals surface area contributed by atoms with E-state index in [9.17, 15) is 0 Å². The Bertz CT molecular complexity index is 3280. The van der Waals surface area contributed by atoms with Gasteiger partial charge in [-0.15, -0.1) is 0 Å². The predicted molar refractivity (Wildman–Crippen MR) is 290 cm³/mol. The predicted octanol–water partition coefficient (Wildman–Crippen LogP) is 9.79. The second-order valence-corrected chi connectivity index (χ2v) is 18.1. The average Bonchev–Trinajstić information content (AvgIpc) is 4.35. The molecule has 0 bridgehead atoms. The van der Waals surface area contributed by atoms with Crippen LogP contribution in [0.25, 0.3) is 67.5 Å². The lowest BCUT2D eigenvalue weighted by Crippen LogP contribution is -2.10. The Morgan fingerprint density at radius 1 is 0.287 bits per heavy atom. The number of nitrogens with one attached hydrogen (secondary N) is 3. The van der Waals surface area contributed by atoms with Crippen molar-refractivity contribution in [1.82, 2.24) is 46.2 Å². The maximum absolute atomic E-state index is 16.6. The summed E-state index contributed by atoms with van der Waals surface area (Å²) < 4.78 is 105. The van der Waals surface area contributed by atoms with E-state index in [1.807, 2.05) is 0 Å². The first kappa shape index (κ1) is 54.7. The Labute approximate surface area is 457 Å². The maximum atomic E-state index is 16.6. The van der Waals surface area contributed by atoms with Crippen LogP contribution in [0, 0.1) is 0 Å². The van der Waals surface area contributed by atoms with E-state index in [4.69, 9.17) is 70.4 Å². The summed E-state index contributed by atoms with van der Waals surface area (Å²) in [5.41, 5.74) is 3.80. The fraction of sp³-hybridized carbons (Fsp3) is 0.222. The molecule has 0 saturated heterocycles. The number of methoxy groups -OCH3 is 12.